The van der Waals surface area contributed by atoms with Gasteiger partial charge in [-0.3, -0.25) is 0 Å². The van der Waals surface area contributed by atoms with Gasteiger partial charge < -0.3 is 4.42 Å². The van der Waals surface area contributed by atoms with Crippen molar-refractivity contribution in [3.63, 3.8) is 0 Å². The summed E-state index contributed by atoms with van der Waals surface area (Å²) in [6, 6.07) is 65.8. The molecule has 0 unspecified atom stereocenters. The second-order valence-electron chi connectivity index (χ2n) is 13.9. The molecule has 0 bridgehead atoms. The standard InChI is InChI=1S/C50H31N3O/c1-5-17-32(18-6-1)45-43-39-30-29-36(49-52-47(34-21-9-3-10-22-34)51-48(53-49)35-23-11-4-12-24-35)31-42(39)50(44(43)46(54-45)33-19-7-2-8-20-33)40-27-15-13-25-37(40)38-26-14-16-28-41(38)50/h1-31H. The Morgan fingerprint density at radius 2 is 0.759 bits per heavy atom. The third-order valence-electron chi connectivity index (χ3n) is 11.0. The Labute approximate surface area is 313 Å². The van der Waals surface area contributed by atoms with Gasteiger partial charge in [-0.25, -0.2) is 15.0 Å². The molecule has 0 N–H and O–H groups in total. The van der Waals surface area contributed by atoms with Gasteiger partial charge in [0.15, 0.2) is 17.5 Å². The first-order valence-corrected chi connectivity index (χ1v) is 18.3. The Bertz CT molecular complexity index is 2760. The molecule has 2 aliphatic carbocycles. The van der Waals surface area contributed by atoms with Gasteiger partial charge in [-0.05, 0) is 39.4 Å². The summed E-state index contributed by atoms with van der Waals surface area (Å²) in [7, 11) is 0. The average molecular weight is 690 g/mol. The van der Waals surface area contributed by atoms with Gasteiger partial charge in [-0.1, -0.05) is 182 Å². The van der Waals surface area contributed by atoms with Crippen LogP contribution in [0.3, 0.4) is 0 Å². The van der Waals surface area contributed by atoms with Crippen molar-refractivity contribution in [3.05, 3.63) is 210 Å². The predicted molar refractivity (Wildman–Crippen MR) is 216 cm³/mol. The maximum absolute atomic E-state index is 7.14. The predicted octanol–water partition coefficient (Wildman–Crippen LogP) is 12.1. The van der Waals surface area contributed by atoms with E-state index in [0.717, 1.165) is 50.5 Å². The van der Waals surface area contributed by atoms with Crippen LogP contribution in [0.15, 0.2) is 192 Å². The van der Waals surface area contributed by atoms with E-state index < -0.39 is 5.41 Å². The molecule has 4 nitrogen and oxygen atoms in total. The highest BCUT2D eigenvalue weighted by atomic mass is 16.3. The quantitative estimate of drug-likeness (QED) is 0.180. The minimum absolute atomic E-state index is 0.628. The SMILES string of the molecule is c1ccc(-c2nc(-c3ccccc3)nc(-c3ccc4c(c3)C3(c5ccccc5-c5ccccc53)c3c(-c5ccccc5)oc(-c5ccccc5)c3-4)n2)cc1. The second-order valence-corrected chi connectivity index (χ2v) is 13.9. The van der Waals surface area contributed by atoms with Gasteiger partial charge in [0.05, 0.1) is 5.41 Å². The molecule has 9 aromatic rings. The van der Waals surface area contributed by atoms with Crippen molar-refractivity contribution in [1.82, 2.24) is 15.0 Å². The number of fused-ring (bicyclic) bond motifs is 10. The van der Waals surface area contributed by atoms with E-state index in [9.17, 15) is 0 Å². The molecule has 54 heavy (non-hydrogen) atoms. The molecular weight excluding hydrogens is 659 g/mol. The number of furan rings is 1. The lowest BCUT2D eigenvalue weighted by molar-refractivity contribution is 0.588. The van der Waals surface area contributed by atoms with E-state index in [0.29, 0.717) is 17.5 Å². The van der Waals surface area contributed by atoms with Gasteiger partial charge in [-0.15, -0.1) is 0 Å². The number of aromatic nitrogens is 3. The second kappa shape index (κ2) is 11.9. The maximum Gasteiger partial charge on any atom is 0.164 e. The highest BCUT2D eigenvalue weighted by Gasteiger charge is 2.55. The molecule has 0 amide bonds. The number of benzene rings is 7. The van der Waals surface area contributed by atoms with Gasteiger partial charge in [-0.2, -0.15) is 0 Å². The van der Waals surface area contributed by atoms with Crippen molar-refractivity contribution in [2.24, 2.45) is 0 Å². The summed E-state index contributed by atoms with van der Waals surface area (Å²) in [5.74, 6) is 3.66. The minimum Gasteiger partial charge on any atom is -0.455 e. The molecule has 2 aliphatic rings. The first-order chi connectivity index (χ1) is 26.8. The zero-order valence-corrected chi connectivity index (χ0v) is 29.1. The highest BCUT2D eigenvalue weighted by Crippen LogP contribution is 2.67. The van der Waals surface area contributed by atoms with Crippen LogP contribution in [-0.2, 0) is 5.41 Å². The summed E-state index contributed by atoms with van der Waals surface area (Å²) < 4.78 is 7.14. The topological polar surface area (TPSA) is 51.8 Å². The van der Waals surface area contributed by atoms with Crippen LogP contribution in [0.5, 0.6) is 0 Å². The van der Waals surface area contributed by atoms with Crippen LogP contribution in [0.25, 0.3) is 79.1 Å². The number of hydrogen-bond acceptors (Lipinski definition) is 4. The van der Waals surface area contributed by atoms with Gasteiger partial charge in [0, 0.05) is 38.9 Å². The maximum atomic E-state index is 7.14. The van der Waals surface area contributed by atoms with Gasteiger partial charge in [0.2, 0.25) is 0 Å². The molecule has 2 heterocycles. The molecule has 4 heteroatoms. The summed E-state index contributed by atoms with van der Waals surface area (Å²) in [6.07, 6.45) is 0. The van der Waals surface area contributed by atoms with E-state index in [1.165, 1.54) is 33.4 Å². The highest BCUT2D eigenvalue weighted by molar-refractivity contribution is 6.02. The van der Waals surface area contributed by atoms with Crippen molar-refractivity contribution < 1.29 is 4.42 Å². The smallest absolute Gasteiger partial charge is 0.164 e. The normalized spacial score (nSPS) is 13.0. The number of nitrogens with zero attached hydrogens (tertiary/aromatic N) is 3. The van der Waals surface area contributed by atoms with Crippen molar-refractivity contribution in [2.75, 3.05) is 0 Å². The third-order valence-corrected chi connectivity index (χ3v) is 11.0. The molecule has 252 valence electrons. The monoisotopic (exact) mass is 689 g/mol. The van der Waals surface area contributed by atoms with E-state index in [1.807, 2.05) is 60.7 Å². The van der Waals surface area contributed by atoms with Gasteiger partial charge >= 0.3 is 0 Å². The summed E-state index contributed by atoms with van der Waals surface area (Å²) in [4.78, 5) is 15.3. The van der Waals surface area contributed by atoms with Crippen molar-refractivity contribution in [3.8, 4) is 79.1 Å². The zero-order valence-electron chi connectivity index (χ0n) is 29.1. The van der Waals surface area contributed by atoms with Gasteiger partial charge in [0.1, 0.15) is 11.5 Å². The fraction of sp³-hybridized carbons (Fsp3) is 0.0200. The fourth-order valence-corrected chi connectivity index (χ4v) is 8.71. The van der Waals surface area contributed by atoms with Gasteiger partial charge in [0.25, 0.3) is 0 Å². The Kier molecular flexibility index (Phi) is 6.73. The summed E-state index contributed by atoms with van der Waals surface area (Å²) in [5, 5.41) is 0. The zero-order chi connectivity index (χ0) is 35.6. The van der Waals surface area contributed by atoms with Crippen LogP contribution in [0.1, 0.15) is 22.3 Å². The number of rotatable bonds is 5. The summed E-state index contributed by atoms with van der Waals surface area (Å²) in [5.41, 5.74) is 13.8. The molecule has 0 saturated heterocycles. The minimum atomic E-state index is -0.660. The summed E-state index contributed by atoms with van der Waals surface area (Å²) >= 11 is 0. The largest absolute Gasteiger partial charge is 0.455 e. The molecule has 7 aromatic carbocycles. The van der Waals surface area contributed by atoms with Crippen LogP contribution in [0.4, 0.5) is 0 Å². The molecule has 1 spiro atoms. The van der Waals surface area contributed by atoms with E-state index in [-0.39, 0.29) is 0 Å². The molecular formula is C50H31N3O. The third kappa shape index (κ3) is 4.40. The van der Waals surface area contributed by atoms with Crippen LogP contribution in [0, 0.1) is 0 Å². The molecule has 11 rings (SSSR count). The molecule has 2 aromatic heterocycles. The molecule has 0 fully saturated rings. The Morgan fingerprint density at radius 3 is 1.28 bits per heavy atom. The summed E-state index contributed by atoms with van der Waals surface area (Å²) in [6.45, 7) is 0. The first kappa shape index (κ1) is 30.5. The van der Waals surface area contributed by atoms with Crippen molar-refractivity contribution in [1.29, 1.82) is 0 Å². The van der Waals surface area contributed by atoms with Crippen LogP contribution in [0.2, 0.25) is 0 Å². The Morgan fingerprint density at radius 1 is 0.333 bits per heavy atom. The molecule has 0 saturated carbocycles. The van der Waals surface area contributed by atoms with E-state index >= 15 is 0 Å². The molecule has 0 radical (unpaired) electrons. The van der Waals surface area contributed by atoms with E-state index in [1.54, 1.807) is 0 Å². The van der Waals surface area contributed by atoms with Crippen LogP contribution >= 0.6 is 0 Å². The molecule has 0 aliphatic heterocycles. The first-order valence-electron chi connectivity index (χ1n) is 18.3. The lowest BCUT2D eigenvalue weighted by atomic mass is 9.69. The van der Waals surface area contributed by atoms with E-state index in [2.05, 4.69) is 127 Å². The van der Waals surface area contributed by atoms with Crippen molar-refractivity contribution in [2.45, 2.75) is 5.41 Å². The van der Waals surface area contributed by atoms with E-state index in [4.69, 9.17) is 19.4 Å². The van der Waals surface area contributed by atoms with Crippen LogP contribution in [-0.4, -0.2) is 15.0 Å². The molecule has 0 atom stereocenters. The van der Waals surface area contributed by atoms with Crippen molar-refractivity contribution >= 4 is 0 Å². The lowest BCUT2D eigenvalue weighted by Crippen LogP contribution is -2.26. The number of hydrogen-bond donors (Lipinski definition) is 0. The average Bonchev–Trinajstić information content (AvgIpc) is 3.89. The Hall–Kier alpha value is -7.17. The van der Waals surface area contributed by atoms with Crippen LogP contribution < -0.4 is 0 Å². The fourth-order valence-electron chi connectivity index (χ4n) is 8.71. The Balaban J connectivity index is 1.24. The lowest BCUT2D eigenvalue weighted by Gasteiger charge is -2.30.